The highest BCUT2D eigenvalue weighted by Gasteiger charge is 2.36. The average molecular weight is 236 g/mol. The van der Waals surface area contributed by atoms with Crippen LogP contribution in [0, 0.1) is 0 Å². The average Bonchev–Trinajstić information content (AvgIpc) is 2.35. The highest BCUT2D eigenvalue weighted by Crippen LogP contribution is 2.27. The van der Waals surface area contributed by atoms with E-state index in [0.717, 1.165) is 25.7 Å². The molecule has 0 aliphatic heterocycles. The first-order chi connectivity index (χ1) is 8.11. The van der Waals surface area contributed by atoms with Gasteiger partial charge in [-0.2, -0.15) is 0 Å². The van der Waals surface area contributed by atoms with Crippen LogP contribution in [0.25, 0.3) is 0 Å². The summed E-state index contributed by atoms with van der Waals surface area (Å²) in [5.74, 6) is -1.17. The van der Waals surface area contributed by atoms with Gasteiger partial charge in [0.25, 0.3) is 0 Å². The highest BCUT2D eigenvalue weighted by molar-refractivity contribution is 5.79. The molecule has 1 rings (SSSR count). The molecule has 0 amide bonds. The van der Waals surface area contributed by atoms with Gasteiger partial charge in [-0.1, -0.05) is 56.5 Å². The molecule has 3 heteroatoms. The fourth-order valence-electron chi connectivity index (χ4n) is 1.90. The third-order valence-corrected chi connectivity index (χ3v) is 3.00. The van der Waals surface area contributed by atoms with Crippen LogP contribution in [-0.4, -0.2) is 16.2 Å². The number of carbonyl (C=O) groups is 1. The van der Waals surface area contributed by atoms with Crippen molar-refractivity contribution in [3.63, 3.8) is 0 Å². The molecule has 17 heavy (non-hydrogen) atoms. The van der Waals surface area contributed by atoms with E-state index in [1.165, 1.54) is 0 Å². The number of unbranched alkanes of at least 4 members (excludes halogenated alkanes) is 3. The second-order valence-electron chi connectivity index (χ2n) is 4.34. The summed E-state index contributed by atoms with van der Waals surface area (Å²) in [6.45, 7) is 2.10. The predicted molar refractivity (Wildman–Crippen MR) is 66.7 cm³/mol. The SMILES string of the molecule is CCCCCC[C@](O)(C(=O)O)c1ccccc1. The van der Waals surface area contributed by atoms with Gasteiger partial charge < -0.3 is 10.2 Å². The molecule has 3 nitrogen and oxygen atoms in total. The topological polar surface area (TPSA) is 57.5 Å². The maximum atomic E-state index is 11.2. The van der Waals surface area contributed by atoms with Crippen molar-refractivity contribution in [2.45, 2.75) is 44.6 Å². The standard InChI is InChI=1S/C14H20O3/c1-2-3-4-8-11-14(17,13(15)16)12-9-6-5-7-10-12/h5-7,9-10,17H,2-4,8,11H2,1H3,(H,15,16)/t14-/m1/s1. The van der Waals surface area contributed by atoms with Crippen LogP contribution in [0.3, 0.4) is 0 Å². The number of carboxylic acids is 1. The summed E-state index contributed by atoms with van der Waals surface area (Å²) in [5.41, 5.74) is -1.28. The largest absolute Gasteiger partial charge is 0.479 e. The molecular weight excluding hydrogens is 216 g/mol. The molecule has 1 atom stereocenters. The molecule has 0 bridgehead atoms. The van der Waals surface area contributed by atoms with Crippen molar-refractivity contribution >= 4 is 5.97 Å². The Morgan fingerprint density at radius 2 is 1.82 bits per heavy atom. The van der Waals surface area contributed by atoms with Gasteiger partial charge in [-0.15, -0.1) is 0 Å². The minimum atomic E-state index is -1.74. The molecule has 0 radical (unpaired) electrons. The van der Waals surface area contributed by atoms with Crippen LogP contribution in [0.4, 0.5) is 0 Å². The number of hydrogen-bond acceptors (Lipinski definition) is 2. The van der Waals surface area contributed by atoms with E-state index < -0.39 is 11.6 Å². The molecule has 0 heterocycles. The van der Waals surface area contributed by atoms with Gasteiger partial charge in [0.2, 0.25) is 0 Å². The van der Waals surface area contributed by atoms with E-state index in [4.69, 9.17) is 0 Å². The zero-order valence-electron chi connectivity index (χ0n) is 10.2. The van der Waals surface area contributed by atoms with Crippen molar-refractivity contribution in [3.8, 4) is 0 Å². The van der Waals surface area contributed by atoms with Crippen LogP contribution in [0.5, 0.6) is 0 Å². The fourth-order valence-corrected chi connectivity index (χ4v) is 1.90. The first-order valence-electron chi connectivity index (χ1n) is 6.12. The molecule has 0 aromatic heterocycles. The van der Waals surface area contributed by atoms with Crippen molar-refractivity contribution in [2.24, 2.45) is 0 Å². The Balaban J connectivity index is 2.73. The quantitative estimate of drug-likeness (QED) is 0.716. The molecule has 2 N–H and O–H groups in total. The summed E-state index contributed by atoms with van der Waals surface area (Å²) < 4.78 is 0. The zero-order valence-corrected chi connectivity index (χ0v) is 10.2. The third-order valence-electron chi connectivity index (χ3n) is 3.00. The Hall–Kier alpha value is -1.35. The Bertz CT molecular complexity index is 348. The van der Waals surface area contributed by atoms with E-state index in [1.807, 2.05) is 6.07 Å². The van der Waals surface area contributed by atoms with Crippen LogP contribution in [0.1, 0.15) is 44.6 Å². The van der Waals surface area contributed by atoms with E-state index in [0.29, 0.717) is 5.56 Å². The number of aliphatic hydroxyl groups is 1. The van der Waals surface area contributed by atoms with Crippen LogP contribution in [-0.2, 0) is 10.4 Å². The van der Waals surface area contributed by atoms with E-state index in [-0.39, 0.29) is 6.42 Å². The van der Waals surface area contributed by atoms with E-state index >= 15 is 0 Å². The second-order valence-corrected chi connectivity index (χ2v) is 4.34. The Morgan fingerprint density at radius 3 is 2.35 bits per heavy atom. The minimum absolute atomic E-state index is 0.270. The summed E-state index contributed by atoms with van der Waals surface area (Å²) >= 11 is 0. The molecule has 0 fully saturated rings. The van der Waals surface area contributed by atoms with E-state index in [2.05, 4.69) is 6.92 Å². The van der Waals surface area contributed by atoms with E-state index in [9.17, 15) is 15.0 Å². The molecule has 0 aliphatic rings. The lowest BCUT2D eigenvalue weighted by Gasteiger charge is -2.23. The fraction of sp³-hybridized carbons (Fsp3) is 0.500. The molecule has 1 aromatic carbocycles. The highest BCUT2D eigenvalue weighted by atomic mass is 16.4. The predicted octanol–water partition coefficient (Wildman–Crippen LogP) is 2.93. The van der Waals surface area contributed by atoms with Crippen molar-refractivity contribution in [3.05, 3.63) is 35.9 Å². The summed E-state index contributed by atoms with van der Waals surface area (Å²) in [4.78, 5) is 11.2. The van der Waals surface area contributed by atoms with Crippen LogP contribution in [0.2, 0.25) is 0 Å². The maximum Gasteiger partial charge on any atom is 0.340 e. The summed E-state index contributed by atoms with van der Waals surface area (Å²) in [6.07, 6.45) is 4.12. The Kier molecular flexibility index (Phi) is 5.16. The lowest BCUT2D eigenvalue weighted by Crippen LogP contribution is -2.35. The molecule has 0 unspecified atom stereocenters. The lowest BCUT2D eigenvalue weighted by molar-refractivity contribution is -0.160. The molecule has 0 saturated heterocycles. The molecule has 0 saturated carbocycles. The van der Waals surface area contributed by atoms with Gasteiger partial charge in [-0.25, -0.2) is 4.79 Å². The number of carboxylic acid groups (broad SMARTS) is 1. The van der Waals surface area contributed by atoms with Crippen molar-refractivity contribution < 1.29 is 15.0 Å². The molecule has 0 aliphatic carbocycles. The smallest absolute Gasteiger partial charge is 0.340 e. The molecule has 0 spiro atoms. The third kappa shape index (κ3) is 3.56. The zero-order chi connectivity index (χ0) is 12.7. The monoisotopic (exact) mass is 236 g/mol. The van der Waals surface area contributed by atoms with Gasteiger partial charge in [0.1, 0.15) is 0 Å². The molecule has 94 valence electrons. The van der Waals surface area contributed by atoms with Gasteiger partial charge in [-0.3, -0.25) is 0 Å². The van der Waals surface area contributed by atoms with Gasteiger partial charge in [0.05, 0.1) is 0 Å². The first-order valence-corrected chi connectivity index (χ1v) is 6.12. The number of hydrogen-bond donors (Lipinski definition) is 2. The van der Waals surface area contributed by atoms with Gasteiger partial charge in [0.15, 0.2) is 5.60 Å². The number of benzene rings is 1. The first kappa shape index (κ1) is 13.7. The minimum Gasteiger partial charge on any atom is -0.479 e. The van der Waals surface area contributed by atoms with E-state index in [1.54, 1.807) is 24.3 Å². The number of rotatable bonds is 7. The Labute approximate surface area is 102 Å². The second kappa shape index (κ2) is 6.40. The van der Waals surface area contributed by atoms with Gasteiger partial charge in [-0.05, 0) is 18.4 Å². The van der Waals surface area contributed by atoms with Gasteiger partial charge in [0, 0.05) is 0 Å². The summed E-state index contributed by atoms with van der Waals surface area (Å²) in [7, 11) is 0. The molecular formula is C14H20O3. The number of aliphatic carboxylic acids is 1. The van der Waals surface area contributed by atoms with Crippen molar-refractivity contribution in [1.29, 1.82) is 0 Å². The molecule has 1 aromatic rings. The Morgan fingerprint density at radius 1 is 1.18 bits per heavy atom. The lowest BCUT2D eigenvalue weighted by atomic mass is 9.88. The summed E-state index contributed by atoms with van der Waals surface area (Å²) in [5, 5.41) is 19.5. The van der Waals surface area contributed by atoms with Gasteiger partial charge >= 0.3 is 5.97 Å². The van der Waals surface area contributed by atoms with Crippen molar-refractivity contribution in [2.75, 3.05) is 0 Å². The van der Waals surface area contributed by atoms with Crippen molar-refractivity contribution in [1.82, 2.24) is 0 Å². The van der Waals surface area contributed by atoms with Crippen LogP contribution < -0.4 is 0 Å². The van der Waals surface area contributed by atoms with Crippen LogP contribution >= 0.6 is 0 Å². The maximum absolute atomic E-state index is 11.2. The van der Waals surface area contributed by atoms with Crippen LogP contribution in [0.15, 0.2) is 30.3 Å². The normalized spacial score (nSPS) is 14.2. The summed E-state index contributed by atoms with van der Waals surface area (Å²) in [6, 6.07) is 8.62.